The van der Waals surface area contributed by atoms with Crippen molar-refractivity contribution >= 4 is 5.71 Å². The lowest BCUT2D eigenvalue weighted by Crippen LogP contribution is -2.46. The van der Waals surface area contributed by atoms with E-state index >= 15 is 0 Å². The van der Waals surface area contributed by atoms with Crippen LogP contribution in [-0.4, -0.2) is 24.7 Å². The third-order valence-corrected chi connectivity index (χ3v) is 4.64. The van der Waals surface area contributed by atoms with Gasteiger partial charge >= 0.3 is 0 Å². The summed E-state index contributed by atoms with van der Waals surface area (Å²) in [7, 11) is 0. The van der Waals surface area contributed by atoms with E-state index in [1.165, 1.54) is 0 Å². The zero-order chi connectivity index (χ0) is 11.9. The first-order valence-corrected chi connectivity index (χ1v) is 6.35. The summed E-state index contributed by atoms with van der Waals surface area (Å²) in [4.78, 5) is 0. The molecule has 5 atom stereocenters. The molecule has 1 unspecified atom stereocenters. The fraction of sp³-hybridized carbons (Fsp3) is 0.923. The molecule has 16 heavy (non-hydrogen) atoms. The number of fused-ring (bicyclic) bond motifs is 2. The van der Waals surface area contributed by atoms with Crippen molar-refractivity contribution in [3.8, 4) is 0 Å². The lowest BCUT2D eigenvalue weighted by atomic mass is 9.74. The summed E-state index contributed by atoms with van der Waals surface area (Å²) in [6.07, 6.45) is 1.04. The first-order valence-electron chi connectivity index (χ1n) is 6.35. The molecule has 0 amide bonds. The fourth-order valence-corrected chi connectivity index (χ4v) is 2.85. The number of ether oxygens (including phenoxy) is 2. The lowest BCUT2D eigenvalue weighted by Gasteiger charge is -2.39. The Morgan fingerprint density at radius 3 is 2.69 bits per heavy atom. The van der Waals surface area contributed by atoms with Gasteiger partial charge in [-0.3, -0.25) is 0 Å². The molecule has 0 radical (unpaired) electrons. The van der Waals surface area contributed by atoms with Gasteiger partial charge in [-0.25, -0.2) is 0 Å². The summed E-state index contributed by atoms with van der Waals surface area (Å²) in [5.74, 6) is 1.11. The van der Waals surface area contributed by atoms with E-state index in [0.717, 1.165) is 18.7 Å². The van der Waals surface area contributed by atoms with Gasteiger partial charge < -0.3 is 14.9 Å². The van der Waals surface area contributed by atoms with Crippen molar-refractivity contribution < 1.29 is 9.47 Å². The molecule has 1 N–H and O–H groups in total. The van der Waals surface area contributed by atoms with Crippen molar-refractivity contribution in [2.75, 3.05) is 13.2 Å². The van der Waals surface area contributed by atoms with E-state index in [0.29, 0.717) is 24.4 Å². The molecule has 0 aromatic rings. The van der Waals surface area contributed by atoms with Crippen LogP contribution < -0.4 is 0 Å². The van der Waals surface area contributed by atoms with E-state index in [9.17, 15) is 0 Å². The first-order chi connectivity index (χ1) is 7.49. The van der Waals surface area contributed by atoms with E-state index in [1.807, 2.05) is 6.92 Å². The standard InChI is InChI=1S/C13H23NO2/c1-5-8(2)12(14)11-7-16-13(4)9(3)10(11)6-15-13/h8-11,14H,5-7H2,1-4H3/t8-,9+,10-,11?,13-/m0/s1. The van der Waals surface area contributed by atoms with Crippen LogP contribution in [0.3, 0.4) is 0 Å². The highest BCUT2D eigenvalue weighted by Crippen LogP contribution is 2.46. The van der Waals surface area contributed by atoms with Crippen molar-refractivity contribution in [2.24, 2.45) is 23.7 Å². The number of rotatable bonds is 3. The average molecular weight is 225 g/mol. The van der Waals surface area contributed by atoms with Crippen molar-refractivity contribution in [1.82, 2.24) is 0 Å². The van der Waals surface area contributed by atoms with Crippen LogP contribution in [0.4, 0.5) is 0 Å². The van der Waals surface area contributed by atoms with Crippen LogP contribution in [0.2, 0.25) is 0 Å². The maximum atomic E-state index is 8.26. The third-order valence-electron chi connectivity index (χ3n) is 4.64. The predicted molar refractivity (Wildman–Crippen MR) is 63.6 cm³/mol. The molecule has 3 nitrogen and oxygen atoms in total. The third kappa shape index (κ3) is 1.70. The Labute approximate surface area is 98.0 Å². The predicted octanol–water partition coefficient (Wildman–Crippen LogP) is 2.70. The molecule has 0 aromatic carbocycles. The Morgan fingerprint density at radius 1 is 1.44 bits per heavy atom. The van der Waals surface area contributed by atoms with Crippen LogP contribution in [0.5, 0.6) is 0 Å². The van der Waals surface area contributed by atoms with Crippen LogP contribution in [0.25, 0.3) is 0 Å². The molecule has 0 aromatic heterocycles. The Morgan fingerprint density at radius 2 is 2.06 bits per heavy atom. The van der Waals surface area contributed by atoms with Gasteiger partial charge in [0.05, 0.1) is 13.2 Å². The van der Waals surface area contributed by atoms with Crippen molar-refractivity contribution in [3.05, 3.63) is 0 Å². The zero-order valence-electron chi connectivity index (χ0n) is 10.7. The monoisotopic (exact) mass is 225 g/mol. The van der Waals surface area contributed by atoms with Crippen LogP contribution in [0.1, 0.15) is 34.1 Å². The maximum Gasteiger partial charge on any atom is 0.168 e. The maximum absolute atomic E-state index is 8.26. The normalized spacial score (nSPS) is 44.4. The van der Waals surface area contributed by atoms with Gasteiger partial charge in [0.15, 0.2) is 5.79 Å². The van der Waals surface area contributed by atoms with Gasteiger partial charge in [0.1, 0.15) is 0 Å². The van der Waals surface area contributed by atoms with Gasteiger partial charge in [-0.2, -0.15) is 0 Å². The minimum Gasteiger partial charge on any atom is -0.350 e. The second-order valence-corrected chi connectivity index (χ2v) is 5.46. The minimum atomic E-state index is -0.392. The van der Waals surface area contributed by atoms with Crippen LogP contribution in [0.15, 0.2) is 0 Å². The summed E-state index contributed by atoms with van der Waals surface area (Å²) in [6.45, 7) is 9.91. The average Bonchev–Trinajstić information content (AvgIpc) is 2.49. The van der Waals surface area contributed by atoms with E-state index < -0.39 is 5.79 Å². The highest BCUT2D eigenvalue weighted by atomic mass is 16.7. The second-order valence-electron chi connectivity index (χ2n) is 5.46. The molecule has 2 saturated heterocycles. The van der Waals surface area contributed by atoms with Crippen molar-refractivity contribution in [3.63, 3.8) is 0 Å². The summed E-state index contributed by atoms with van der Waals surface area (Å²) < 4.78 is 11.6. The molecule has 2 aliphatic heterocycles. The highest BCUT2D eigenvalue weighted by molar-refractivity contribution is 5.86. The number of nitrogens with one attached hydrogen (secondary N) is 1. The molecular formula is C13H23NO2. The van der Waals surface area contributed by atoms with Gasteiger partial charge in [0.2, 0.25) is 0 Å². The number of hydrogen-bond donors (Lipinski definition) is 1. The summed E-state index contributed by atoms with van der Waals surface area (Å²) >= 11 is 0. The van der Waals surface area contributed by atoms with Crippen LogP contribution >= 0.6 is 0 Å². The van der Waals surface area contributed by atoms with Gasteiger partial charge in [0, 0.05) is 23.5 Å². The second kappa shape index (κ2) is 4.11. The number of hydrogen-bond acceptors (Lipinski definition) is 3. The molecule has 0 saturated carbocycles. The molecular weight excluding hydrogens is 202 g/mol. The Bertz CT molecular complexity index is 292. The SMILES string of the molecule is CC[C@H](C)C(=N)C1CO[C@]2(C)OC[C@H]1[C@H]2C. The molecule has 2 rings (SSSR count). The summed E-state index contributed by atoms with van der Waals surface area (Å²) in [5, 5.41) is 8.26. The van der Waals surface area contributed by atoms with E-state index in [4.69, 9.17) is 14.9 Å². The Hall–Kier alpha value is -0.410. The topological polar surface area (TPSA) is 42.3 Å². The molecule has 2 fully saturated rings. The molecule has 0 spiro atoms. The quantitative estimate of drug-likeness (QED) is 0.750. The van der Waals surface area contributed by atoms with Crippen molar-refractivity contribution in [2.45, 2.75) is 39.9 Å². The summed E-state index contributed by atoms with van der Waals surface area (Å²) in [5.41, 5.74) is 0.854. The Balaban J connectivity index is 2.12. The van der Waals surface area contributed by atoms with Gasteiger partial charge in [-0.1, -0.05) is 20.8 Å². The lowest BCUT2D eigenvalue weighted by molar-refractivity contribution is -0.228. The van der Waals surface area contributed by atoms with Crippen LogP contribution in [0, 0.1) is 29.1 Å². The molecule has 2 aliphatic rings. The van der Waals surface area contributed by atoms with Gasteiger partial charge in [-0.05, 0) is 19.3 Å². The molecule has 3 heteroatoms. The van der Waals surface area contributed by atoms with Gasteiger partial charge in [-0.15, -0.1) is 0 Å². The summed E-state index contributed by atoms with van der Waals surface area (Å²) in [6, 6.07) is 0. The van der Waals surface area contributed by atoms with E-state index in [2.05, 4.69) is 20.8 Å². The molecule has 92 valence electrons. The zero-order valence-corrected chi connectivity index (χ0v) is 10.7. The minimum absolute atomic E-state index is 0.264. The highest BCUT2D eigenvalue weighted by Gasteiger charge is 2.53. The first kappa shape index (κ1) is 12.1. The van der Waals surface area contributed by atoms with Crippen LogP contribution in [-0.2, 0) is 9.47 Å². The molecule has 2 bridgehead atoms. The smallest absolute Gasteiger partial charge is 0.168 e. The van der Waals surface area contributed by atoms with E-state index in [1.54, 1.807) is 0 Å². The fourth-order valence-electron chi connectivity index (χ4n) is 2.85. The van der Waals surface area contributed by atoms with Crippen molar-refractivity contribution in [1.29, 1.82) is 5.41 Å². The van der Waals surface area contributed by atoms with E-state index in [-0.39, 0.29) is 5.92 Å². The molecule has 0 aliphatic carbocycles. The molecule has 2 heterocycles. The largest absolute Gasteiger partial charge is 0.350 e. The Kier molecular flexibility index (Phi) is 3.10. The van der Waals surface area contributed by atoms with Gasteiger partial charge in [0.25, 0.3) is 0 Å².